The lowest BCUT2D eigenvalue weighted by atomic mass is 9.93. The van der Waals surface area contributed by atoms with E-state index in [4.69, 9.17) is 4.74 Å². The summed E-state index contributed by atoms with van der Waals surface area (Å²) in [6.45, 7) is 8.12. The number of aliphatic hydroxyl groups excluding tert-OH is 1. The van der Waals surface area contributed by atoms with Crippen molar-refractivity contribution in [2.24, 2.45) is 0 Å². The molecule has 1 N–H and O–H groups in total. The van der Waals surface area contributed by atoms with E-state index in [1.54, 1.807) is 24.3 Å². The van der Waals surface area contributed by atoms with E-state index in [1.165, 1.54) is 11.0 Å². The van der Waals surface area contributed by atoms with Crippen molar-refractivity contribution in [3.05, 3.63) is 76.1 Å². The van der Waals surface area contributed by atoms with Crippen molar-refractivity contribution in [2.45, 2.75) is 46.3 Å². The van der Waals surface area contributed by atoms with Crippen LogP contribution < -0.4 is 0 Å². The molecule has 0 radical (unpaired) electrons. The lowest BCUT2D eigenvalue weighted by Crippen LogP contribution is -2.31. The molecule has 0 aromatic heterocycles. The first-order chi connectivity index (χ1) is 14.7. The highest BCUT2D eigenvalue weighted by molar-refractivity contribution is 6.46. The van der Waals surface area contributed by atoms with Gasteiger partial charge in [-0.3, -0.25) is 9.59 Å². The van der Waals surface area contributed by atoms with Gasteiger partial charge in [-0.05, 0) is 51.8 Å². The molecular weight excluding hydrogens is 397 g/mol. The van der Waals surface area contributed by atoms with Crippen LogP contribution in [0.25, 0.3) is 5.76 Å². The first kappa shape index (κ1) is 22.7. The summed E-state index contributed by atoms with van der Waals surface area (Å²) >= 11 is 0. The van der Waals surface area contributed by atoms with Gasteiger partial charge in [0.25, 0.3) is 11.7 Å². The molecule has 1 amide bonds. The summed E-state index contributed by atoms with van der Waals surface area (Å²) in [5.74, 6) is -2.38. The topological polar surface area (TPSA) is 66.8 Å². The fourth-order valence-electron chi connectivity index (χ4n) is 3.82. The molecule has 3 rings (SSSR count). The number of Topliss-reactive ketones (excluding diaryl/α,β-unsaturated/α-hetero) is 1. The van der Waals surface area contributed by atoms with Gasteiger partial charge in [-0.2, -0.15) is 0 Å². The summed E-state index contributed by atoms with van der Waals surface area (Å²) in [6.07, 6.45) is 0.529. The molecule has 1 atom stereocenters. The van der Waals surface area contributed by atoms with Crippen LogP contribution >= 0.6 is 0 Å². The Kier molecular flexibility index (Phi) is 6.91. The Labute approximate surface area is 182 Å². The third kappa shape index (κ3) is 4.69. The molecule has 0 aliphatic carbocycles. The zero-order chi connectivity index (χ0) is 22.7. The van der Waals surface area contributed by atoms with Crippen LogP contribution in [0.5, 0.6) is 0 Å². The number of aliphatic hydroxyl groups is 1. The molecule has 1 fully saturated rings. The molecule has 31 heavy (non-hydrogen) atoms. The maximum Gasteiger partial charge on any atom is 0.295 e. The third-order valence-corrected chi connectivity index (χ3v) is 5.38. The molecule has 0 saturated carbocycles. The number of hydrogen-bond donors (Lipinski definition) is 1. The molecule has 0 spiro atoms. The molecule has 1 heterocycles. The van der Waals surface area contributed by atoms with Gasteiger partial charge in [-0.25, -0.2) is 4.39 Å². The van der Waals surface area contributed by atoms with Crippen molar-refractivity contribution in [2.75, 3.05) is 13.2 Å². The van der Waals surface area contributed by atoms with E-state index in [9.17, 15) is 19.1 Å². The molecule has 1 aliphatic rings. The fourth-order valence-corrected chi connectivity index (χ4v) is 3.82. The predicted molar refractivity (Wildman–Crippen MR) is 117 cm³/mol. The SMILES string of the molecule is Cc1ccc(C)c(/C(O)=C2\C(=O)C(=O)N(CCCOC(C)C)C2c2ccccc2F)c1. The summed E-state index contributed by atoms with van der Waals surface area (Å²) < 4.78 is 20.3. The van der Waals surface area contributed by atoms with Gasteiger partial charge in [0, 0.05) is 24.3 Å². The molecule has 0 bridgehead atoms. The van der Waals surface area contributed by atoms with Gasteiger partial charge in [0.15, 0.2) is 0 Å². The van der Waals surface area contributed by atoms with Gasteiger partial charge in [-0.1, -0.05) is 35.9 Å². The van der Waals surface area contributed by atoms with Crippen molar-refractivity contribution < 1.29 is 23.8 Å². The quantitative estimate of drug-likeness (QED) is 0.303. The van der Waals surface area contributed by atoms with Gasteiger partial charge in [-0.15, -0.1) is 0 Å². The van der Waals surface area contributed by atoms with Crippen molar-refractivity contribution in [3.8, 4) is 0 Å². The molecule has 2 aromatic rings. The van der Waals surface area contributed by atoms with Crippen molar-refractivity contribution >= 4 is 17.4 Å². The highest BCUT2D eigenvalue weighted by atomic mass is 19.1. The third-order valence-electron chi connectivity index (χ3n) is 5.38. The summed E-state index contributed by atoms with van der Waals surface area (Å²) in [4.78, 5) is 27.2. The molecule has 5 nitrogen and oxygen atoms in total. The lowest BCUT2D eigenvalue weighted by molar-refractivity contribution is -0.140. The van der Waals surface area contributed by atoms with E-state index in [1.807, 2.05) is 39.8 Å². The second-order valence-corrected chi connectivity index (χ2v) is 8.11. The van der Waals surface area contributed by atoms with Crippen LogP contribution in [0.2, 0.25) is 0 Å². The van der Waals surface area contributed by atoms with E-state index in [2.05, 4.69) is 0 Å². The minimum absolute atomic E-state index is 0.0436. The zero-order valence-electron chi connectivity index (χ0n) is 18.3. The number of likely N-dealkylation sites (tertiary alicyclic amines) is 1. The lowest BCUT2D eigenvalue weighted by Gasteiger charge is -2.26. The fraction of sp³-hybridized carbons (Fsp3) is 0.360. The standard InChI is InChI=1S/C25H28FNO4/c1-15(2)31-13-7-12-27-22(18-8-5-6-9-20(18)26)21(24(29)25(27)30)23(28)19-14-16(3)10-11-17(19)4/h5-6,8-11,14-15,22,28H,7,12-13H2,1-4H3/b23-21+. The van der Waals surface area contributed by atoms with Crippen LogP contribution in [-0.2, 0) is 14.3 Å². The van der Waals surface area contributed by atoms with E-state index in [0.717, 1.165) is 11.1 Å². The Morgan fingerprint density at radius 1 is 1.16 bits per heavy atom. The van der Waals surface area contributed by atoms with Crippen molar-refractivity contribution in [1.29, 1.82) is 0 Å². The smallest absolute Gasteiger partial charge is 0.295 e. The number of benzene rings is 2. The Morgan fingerprint density at radius 3 is 2.55 bits per heavy atom. The van der Waals surface area contributed by atoms with Crippen molar-refractivity contribution in [1.82, 2.24) is 4.90 Å². The van der Waals surface area contributed by atoms with E-state index < -0.39 is 23.5 Å². The maximum atomic E-state index is 14.8. The van der Waals surface area contributed by atoms with Gasteiger partial charge in [0.2, 0.25) is 0 Å². The van der Waals surface area contributed by atoms with Crippen LogP contribution in [-0.4, -0.2) is 41.0 Å². The first-order valence-electron chi connectivity index (χ1n) is 10.4. The molecule has 1 aliphatic heterocycles. The number of hydrogen-bond acceptors (Lipinski definition) is 4. The van der Waals surface area contributed by atoms with Gasteiger partial charge in [0.05, 0.1) is 17.7 Å². The molecule has 6 heteroatoms. The van der Waals surface area contributed by atoms with Crippen LogP contribution in [0.1, 0.15) is 48.6 Å². The van der Waals surface area contributed by atoms with Crippen LogP contribution in [0.4, 0.5) is 4.39 Å². The first-order valence-corrected chi connectivity index (χ1v) is 10.4. The Balaban J connectivity index is 2.10. The maximum absolute atomic E-state index is 14.8. The normalized spacial score (nSPS) is 18.3. The number of carbonyl (C=O) groups excluding carboxylic acids is 2. The highest BCUT2D eigenvalue weighted by Gasteiger charge is 2.46. The summed E-state index contributed by atoms with van der Waals surface area (Å²) in [6, 6.07) is 10.5. The van der Waals surface area contributed by atoms with E-state index in [0.29, 0.717) is 18.6 Å². The molecule has 1 saturated heterocycles. The number of nitrogens with zero attached hydrogens (tertiary/aromatic N) is 1. The van der Waals surface area contributed by atoms with Crippen LogP contribution in [0.3, 0.4) is 0 Å². The summed E-state index contributed by atoms with van der Waals surface area (Å²) in [7, 11) is 0. The number of halogens is 1. The zero-order valence-corrected chi connectivity index (χ0v) is 18.3. The predicted octanol–water partition coefficient (Wildman–Crippen LogP) is 4.68. The number of carbonyl (C=O) groups is 2. The van der Waals surface area contributed by atoms with Crippen molar-refractivity contribution in [3.63, 3.8) is 0 Å². The molecular formula is C25H28FNO4. The minimum atomic E-state index is -1.000. The van der Waals surface area contributed by atoms with Crippen LogP contribution in [0.15, 0.2) is 48.0 Å². The number of rotatable bonds is 7. The van der Waals surface area contributed by atoms with Gasteiger partial charge < -0.3 is 14.7 Å². The average Bonchev–Trinajstić information content (AvgIpc) is 2.97. The Bertz CT molecular complexity index is 1030. The second kappa shape index (κ2) is 9.43. The van der Waals surface area contributed by atoms with Gasteiger partial charge >= 0.3 is 0 Å². The average molecular weight is 426 g/mol. The molecule has 1 unspecified atom stereocenters. The van der Waals surface area contributed by atoms with E-state index >= 15 is 0 Å². The Morgan fingerprint density at radius 2 is 1.87 bits per heavy atom. The number of aryl methyl sites for hydroxylation is 2. The second-order valence-electron chi connectivity index (χ2n) is 8.11. The minimum Gasteiger partial charge on any atom is -0.507 e. The monoisotopic (exact) mass is 425 g/mol. The van der Waals surface area contributed by atoms with Gasteiger partial charge in [0.1, 0.15) is 11.6 Å². The molecule has 164 valence electrons. The number of ketones is 1. The van der Waals surface area contributed by atoms with E-state index in [-0.39, 0.29) is 29.5 Å². The summed E-state index contributed by atoms with van der Waals surface area (Å²) in [5, 5.41) is 11.1. The highest BCUT2D eigenvalue weighted by Crippen LogP contribution is 2.40. The Hall–Kier alpha value is -2.99. The summed E-state index contributed by atoms with van der Waals surface area (Å²) in [5.41, 5.74) is 2.20. The van der Waals surface area contributed by atoms with Crippen LogP contribution in [0, 0.1) is 19.7 Å². The largest absolute Gasteiger partial charge is 0.507 e. The molecule has 2 aromatic carbocycles. The number of amides is 1. The number of ether oxygens (including phenoxy) is 1.